The molecule has 5 heteroatoms. The van der Waals surface area contributed by atoms with Crippen LogP contribution < -0.4 is 5.32 Å². The standard InChI is InChI=1S/C19H32N4O/c1-2-12-22(15-16-7-4-3-5-8-16)19(24)18-10-13-23(21-18)17-9-6-11-20-14-17/h10,13,16-17,20H,2-9,11-12,14-15H2,1H3. The third-order valence-corrected chi connectivity index (χ3v) is 5.46. The number of aromatic nitrogens is 2. The lowest BCUT2D eigenvalue weighted by atomic mass is 9.89. The number of rotatable bonds is 6. The van der Waals surface area contributed by atoms with Crippen LogP contribution in [0.15, 0.2) is 12.3 Å². The zero-order valence-corrected chi connectivity index (χ0v) is 15.0. The van der Waals surface area contributed by atoms with Crippen LogP contribution in [0.1, 0.15) is 74.8 Å². The maximum atomic E-state index is 12.9. The Bertz CT molecular complexity index is 515. The van der Waals surface area contributed by atoms with E-state index >= 15 is 0 Å². The summed E-state index contributed by atoms with van der Waals surface area (Å²) in [6.07, 6.45) is 11.9. The number of carbonyl (C=O) groups excluding carboxylic acids is 1. The van der Waals surface area contributed by atoms with Gasteiger partial charge in [-0.15, -0.1) is 0 Å². The molecule has 1 aliphatic heterocycles. The highest BCUT2D eigenvalue weighted by Crippen LogP contribution is 2.25. The SMILES string of the molecule is CCCN(CC1CCCCC1)C(=O)c1ccn(C2CCCNC2)n1. The van der Waals surface area contributed by atoms with Crippen LogP contribution in [0.4, 0.5) is 0 Å². The summed E-state index contributed by atoms with van der Waals surface area (Å²) in [6.45, 7) is 5.94. The number of carbonyl (C=O) groups is 1. The van der Waals surface area contributed by atoms with Gasteiger partial charge in [0.05, 0.1) is 6.04 Å². The van der Waals surface area contributed by atoms with E-state index in [0.29, 0.717) is 17.7 Å². The quantitative estimate of drug-likeness (QED) is 0.870. The number of hydrogen-bond acceptors (Lipinski definition) is 3. The van der Waals surface area contributed by atoms with E-state index in [1.54, 1.807) is 0 Å². The van der Waals surface area contributed by atoms with E-state index in [0.717, 1.165) is 39.0 Å². The molecule has 1 aliphatic carbocycles. The Morgan fingerprint density at radius 3 is 2.83 bits per heavy atom. The molecule has 2 fully saturated rings. The van der Waals surface area contributed by atoms with Gasteiger partial charge < -0.3 is 10.2 Å². The Labute approximate surface area is 145 Å². The molecule has 1 N–H and O–H groups in total. The highest BCUT2D eigenvalue weighted by molar-refractivity contribution is 5.92. The molecule has 1 atom stereocenters. The van der Waals surface area contributed by atoms with Gasteiger partial charge in [-0.1, -0.05) is 26.2 Å². The van der Waals surface area contributed by atoms with Crippen molar-refractivity contribution in [3.63, 3.8) is 0 Å². The third kappa shape index (κ3) is 4.38. The summed E-state index contributed by atoms with van der Waals surface area (Å²) < 4.78 is 1.99. The minimum Gasteiger partial charge on any atom is -0.337 e. The fourth-order valence-electron chi connectivity index (χ4n) is 4.10. The summed E-state index contributed by atoms with van der Waals surface area (Å²) in [5.41, 5.74) is 0.616. The van der Waals surface area contributed by atoms with Gasteiger partial charge in [-0.3, -0.25) is 9.48 Å². The molecule has 1 amide bonds. The predicted octanol–water partition coefficient (Wildman–Crippen LogP) is 3.24. The van der Waals surface area contributed by atoms with Crippen LogP contribution in [0.25, 0.3) is 0 Å². The molecular formula is C19H32N4O. The van der Waals surface area contributed by atoms with Gasteiger partial charge in [0, 0.05) is 25.8 Å². The molecule has 24 heavy (non-hydrogen) atoms. The average molecular weight is 332 g/mol. The zero-order valence-electron chi connectivity index (χ0n) is 15.0. The Morgan fingerprint density at radius 1 is 1.29 bits per heavy atom. The summed E-state index contributed by atoms with van der Waals surface area (Å²) >= 11 is 0. The van der Waals surface area contributed by atoms with E-state index in [-0.39, 0.29) is 5.91 Å². The van der Waals surface area contributed by atoms with Crippen LogP contribution in [0.3, 0.4) is 0 Å². The van der Waals surface area contributed by atoms with Crippen molar-refractivity contribution in [3.8, 4) is 0 Å². The topological polar surface area (TPSA) is 50.2 Å². The molecule has 1 aromatic rings. The second-order valence-electron chi connectivity index (χ2n) is 7.44. The summed E-state index contributed by atoms with van der Waals surface area (Å²) in [5, 5.41) is 8.03. The van der Waals surface area contributed by atoms with Crippen LogP contribution >= 0.6 is 0 Å². The lowest BCUT2D eigenvalue weighted by Gasteiger charge is -2.29. The maximum absolute atomic E-state index is 12.9. The van der Waals surface area contributed by atoms with Gasteiger partial charge in [-0.05, 0) is 50.6 Å². The van der Waals surface area contributed by atoms with Crippen molar-refractivity contribution < 1.29 is 4.79 Å². The molecule has 0 bridgehead atoms. The smallest absolute Gasteiger partial charge is 0.274 e. The first kappa shape index (κ1) is 17.5. The first-order chi connectivity index (χ1) is 11.8. The number of nitrogens with one attached hydrogen (secondary N) is 1. The van der Waals surface area contributed by atoms with Gasteiger partial charge in [-0.25, -0.2) is 0 Å². The van der Waals surface area contributed by atoms with Gasteiger partial charge in [-0.2, -0.15) is 5.10 Å². The van der Waals surface area contributed by atoms with Crippen molar-refractivity contribution in [2.75, 3.05) is 26.2 Å². The first-order valence-corrected chi connectivity index (χ1v) is 9.83. The van der Waals surface area contributed by atoms with Gasteiger partial charge in [0.1, 0.15) is 5.69 Å². The van der Waals surface area contributed by atoms with E-state index in [9.17, 15) is 4.79 Å². The molecule has 0 radical (unpaired) electrons. The molecule has 1 saturated carbocycles. The van der Waals surface area contributed by atoms with Crippen LogP contribution in [0.5, 0.6) is 0 Å². The predicted molar refractivity (Wildman–Crippen MR) is 96.1 cm³/mol. The Hall–Kier alpha value is -1.36. The fraction of sp³-hybridized carbons (Fsp3) is 0.789. The van der Waals surface area contributed by atoms with Crippen molar-refractivity contribution in [1.82, 2.24) is 20.0 Å². The van der Waals surface area contributed by atoms with Crippen molar-refractivity contribution in [3.05, 3.63) is 18.0 Å². The summed E-state index contributed by atoms with van der Waals surface area (Å²) in [6, 6.07) is 2.29. The lowest BCUT2D eigenvalue weighted by molar-refractivity contribution is 0.0706. The van der Waals surface area contributed by atoms with Crippen molar-refractivity contribution in [2.24, 2.45) is 5.92 Å². The summed E-state index contributed by atoms with van der Waals surface area (Å²) in [5.74, 6) is 0.795. The lowest BCUT2D eigenvalue weighted by Crippen LogP contribution is -2.37. The van der Waals surface area contributed by atoms with Crippen LogP contribution in [-0.4, -0.2) is 46.8 Å². The second kappa shape index (κ2) is 8.65. The Balaban J connectivity index is 1.64. The minimum absolute atomic E-state index is 0.116. The molecule has 1 unspecified atom stereocenters. The largest absolute Gasteiger partial charge is 0.337 e. The van der Waals surface area contributed by atoms with Crippen LogP contribution in [0.2, 0.25) is 0 Å². The van der Waals surface area contributed by atoms with Crippen molar-refractivity contribution >= 4 is 5.91 Å². The highest BCUT2D eigenvalue weighted by Gasteiger charge is 2.24. The number of amides is 1. The monoisotopic (exact) mass is 332 g/mol. The van der Waals surface area contributed by atoms with Gasteiger partial charge in [0.2, 0.25) is 0 Å². The van der Waals surface area contributed by atoms with Crippen LogP contribution in [0, 0.1) is 5.92 Å². The van der Waals surface area contributed by atoms with Crippen molar-refractivity contribution in [2.45, 2.75) is 64.3 Å². The third-order valence-electron chi connectivity index (χ3n) is 5.46. The average Bonchev–Trinajstić information content (AvgIpc) is 3.12. The Morgan fingerprint density at radius 2 is 2.12 bits per heavy atom. The van der Waals surface area contributed by atoms with E-state index in [1.165, 1.54) is 38.5 Å². The van der Waals surface area contributed by atoms with Gasteiger partial charge in [0.15, 0.2) is 0 Å². The summed E-state index contributed by atoms with van der Waals surface area (Å²) in [4.78, 5) is 15.0. The molecule has 0 spiro atoms. The molecule has 2 heterocycles. The molecule has 134 valence electrons. The highest BCUT2D eigenvalue weighted by atomic mass is 16.2. The van der Waals surface area contributed by atoms with Crippen molar-refractivity contribution in [1.29, 1.82) is 0 Å². The second-order valence-corrected chi connectivity index (χ2v) is 7.44. The molecule has 0 aromatic carbocycles. The van der Waals surface area contributed by atoms with Gasteiger partial charge >= 0.3 is 0 Å². The molecule has 2 aliphatic rings. The van der Waals surface area contributed by atoms with E-state index < -0.39 is 0 Å². The normalized spacial score (nSPS) is 22.5. The maximum Gasteiger partial charge on any atom is 0.274 e. The van der Waals surface area contributed by atoms with E-state index in [2.05, 4.69) is 17.3 Å². The molecule has 1 aromatic heterocycles. The fourth-order valence-corrected chi connectivity index (χ4v) is 4.10. The van der Waals surface area contributed by atoms with E-state index in [1.807, 2.05) is 21.8 Å². The van der Waals surface area contributed by atoms with Gasteiger partial charge in [0.25, 0.3) is 5.91 Å². The number of nitrogens with zero attached hydrogens (tertiary/aromatic N) is 3. The number of hydrogen-bond donors (Lipinski definition) is 1. The molecule has 3 rings (SSSR count). The molecular weight excluding hydrogens is 300 g/mol. The number of piperidine rings is 1. The summed E-state index contributed by atoms with van der Waals surface area (Å²) in [7, 11) is 0. The Kier molecular flexibility index (Phi) is 6.30. The molecule has 5 nitrogen and oxygen atoms in total. The molecule has 1 saturated heterocycles. The van der Waals surface area contributed by atoms with Crippen LogP contribution in [-0.2, 0) is 0 Å². The first-order valence-electron chi connectivity index (χ1n) is 9.83. The minimum atomic E-state index is 0.116. The van der Waals surface area contributed by atoms with E-state index in [4.69, 9.17) is 0 Å². The zero-order chi connectivity index (χ0) is 16.8.